The van der Waals surface area contributed by atoms with Gasteiger partial charge in [0, 0.05) is 51.5 Å². The average Bonchev–Trinajstić information content (AvgIpc) is 2.77. The Hall–Kier alpha value is -2.80. The van der Waals surface area contributed by atoms with Crippen molar-refractivity contribution in [1.29, 1.82) is 0 Å². The van der Waals surface area contributed by atoms with Crippen molar-refractivity contribution in [3.63, 3.8) is 0 Å². The Kier molecular flexibility index (Phi) is 6.93. The van der Waals surface area contributed by atoms with Gasteiger partial charge in [0.05, 0.1) is 13.2 Å². The molecule has 7 heteroatoms. The minimum atomic E-state index is -0.110. The number of carbonyl (C=O) groups excluding carboxylic acids is 1. The number of rotatable bonds is 6. The lowest BCUT2D eigenvalue weighted by Crippen LogP contribution is -2.45. The van der Waals surface area contributed by atoms with Crippen molar-refractivity contribution < 1.29 is 9.53 Å². The van der Waals surface area contributed by atoms with Crippen molar-refractivity contribution in [2.24, 2.45) is 0 Å². The first-order valence-electron chi connectivity index (χ1n) is 10.0. The predicted octanol–water partition coefficient (Wildman–Crippen LogP) is 2.74. The fourth-order valence-corrected chi connectivity index (χ4v) is 3.45. The van der Waals surface area contributed by atoms with Crippen molar-refractivity contribution in [2.75, 3.05) is 52.3 Å². The van der Waals surface area contributed by atoms with Gasteiger partial charge < -0.3 is 24.8 Å². The van der Waals surface area contributed by atoms with Crippen molar-refractivity contribution in [2.45, 2.75) is 19.5 Å². The van der Waals surface area contributed by atoms with Gasteiger partial charge in [-0.1, -0.05) is 18.2 Å². The zero-order chi connectivity index (χ0) is 20.8. The van der Waals surface area contributed by atoms with Crippen LogP contribution in [-0.2, 0) is 6.54 Å². The maximum Gasteiger partial charge on any atom is 0.317 e. The molecule has 1 unspecified atom stereocenters. The van der Waals surface area contributed by atoms with Gasteiger partial charge in [-0.2, -0.15) is 0 Å². The van der Waals surface area contributed by atoms with Gasteiger partial charge >= 0.3 is 6.03 Å². The highest BCUT2D eigenvalue weighted by atomic mass is 16.5. The van der Waals surface area contributed by atoms with Crippen molar-refractivity contribution >= 4 is 11.8 Å². The number of nitrogens with one attached hydrogen (secondary N) is 1. The Morgan fingerprint density at radius 1 is 1.21 bits per heavy atom. The molecule has 1 aromatic heterocycles. The number of hydrogen-bond acceptors (Lipinski definition) is 5. The topological polar surface area (TPSA) is 60.9 Å². The van der Waals surface area contributed by atoms with Crippen LogP contribution in [0.5, 0.6) is 5.75 Å². The van der Waals surface area contributed by atoms with E-state index < -0.39 is 0 Å². The lowest BCUT2D eigenvalue weighted by Gasteiger charge is -2.34. The van der Waals surface area contributed by atoms with Gasteiger partial charge in [0.1, 0.15) is 11.6 Å². The monoisotopic (exact) mass is 397 g/mol. The van der Waals surface area contributed by atoms with Crippen molar-refractivity contribution in [1.82, 2.24) is 20.1 Å². The summed E-state index contributed by atoms with van der Waals surface area (Å²) in [6, 6.07) is 11.6. The first-order chi connectivity index (χ1) is 14.0. The number of ether oxygens (including phenoxy) is 1. The second-order valence-electron chi connectivity index (χ2n) is 7.50. The molecule has 2 amide bonds. The number of nitrogens with zero attached hydrogens (tertiary/aromatic N) is 4. The van der Waals surface area contributed by atoms with E-state index in [1.54, 1.807) is 12.0 Å². The lowest BCUT2D eigenvalue weighted by atomic mass is 10.1. The molecule has 0 spiro atoms. The number of pyridine rings is 1. The van der Waals surface area contributed by atoms with Gasteiger partial charge in [-0.3, -0.25) is 0 Å². The van der Waals surface area contributed by atoms with E-state index in [0.717, 1.165) is 48.9 Å². The molecule has 2 aromatic rings. The summed E-state index contributed by atoms with van der Waals surface area (Å²) in [5.41, 5.74) is 2.10. The van der Waals surface area contributed by atoms with Crippen molar-refractivity contribution in [3.05, 3.63) is 53.7 Å². The molecular formula is C22H31N5O2. The van der Waals surface area contributed by atoms with Crippen LogP contribution in [0.25, 0.3) is 0 Å². The van der Waals surface area contributed by atoms with Crippen LogP contribution in [0.4, 0.5) is 10.6 Å². The molecule has 0 saturated carbocycles. The molecule has 1 atom stereocenters. The Balaban J connectivity index is 1.61. The minimum absolute atomic E-state index is 0.0492. The summed E-state index contributed by atoms with van der Waals surface area (Å²) in [6.07, 6.45) is 1.82. The molecule has 0 radical (unpaired) electrons. The summed E-state index contributed by atoms with van der Waals surface area (Å²) in [5, 5.41) is 3.05. The molecule has 1 N–H and O–H groups in total. The molecule has 7 nitrogen and oxygen atoms in total. The molecule has 1 aliphatic rings. The summed E-state index contributed by atoms with van der Waals surface area (Å²) >= 11 is 0. The molecular weight excluding hydrogens is 366 g/mol. The van der Waals surface area contributed by atoms with Gasteiger partial charge in [0.25, 0.3) is 0 Å². The molecule has 1 saturated heterocycles. The highest BCUT2D eigenvalue weighted by molar-refractivity contribution is 5.74. The SMILES string of the molecule is COc1ccc(C(C)N(C)C(=O)NCc2cccnc2N2CCN(C)CC2)cc1. The van der Waals surface area contributed by atoms with Crippen LogP contribution >= 0.6 is 0 Å². The number of anilines is 1. The van der Waals surface area contributed by atoms with E-state index in [-0.39, 0.29) is 12.1 Å². The third-order valence-electron chi connectivity index (χ3n) is 5.60. The molecule has 2 heterocycles. The van der Waals surface area contributed by atoms with Crippen LogP contribution in [0, 0.1) is 0 Å². The van der Waals surface area contributed by atoms with Crippen LogP contribution in [0.1, 0.15) is 24.1 Å². The zero-order valence-electron chi connectivity index (χ0n) is 17.8. The van der Waals surface area contributed by atoms with E-state index >= 15 is 0 Å². The number of aromatic nitrogens is 1. The maximum absolute atomic E-state index is 12.7. The van der Waals surface area contributed by atoms with E-state index in [0.29, 0.717) is 6.54 Å². The van der Waals surface area contributed by atoms with Gasteiger partial charge in [-0.15, -0.1) is 0 Å². The molecule has 1 fully saturated rings. The van der Waals surface area contributed by atoms with E-state index in [2.05, 4.69) is 27.1 Å². The number of piperazine rings is 1. The van der Waals surface area contributed by atoms with Gasteiger partial charge in [0.15, 0.2) is 0 Å². The second kappa shape index (κ2) is 9.60. The Bertz CT molecular complexity index is 803. The quantitative estimate of drug-likeness (QED) is 0.812. The molecule has 29 heavy (non-hydrogen) atoms. The molecule has 0 aliphatic carbocycles. The molecule has 3 rings (SSSR count). The smallest absolute Gasteiger partial charge is 0.317 e. The van der Waals surface area contributed by atoms with Crippen molar-refractivity contribution in [3.8, 4) is 5.75 Å². The summed E-state index contributed by atoms with van der Waals surface area (Å²) in [4.78, 5) is 23.6. The van der Waals surface area contributed by atoms with Crippen LogP contribution in [-0.4, -0.2) is 68.2 Å². The highest BCUT2D eigenvalue weighted by Gasteiger charge is 2.20. The minimum Gasteiger partial charge on any atom is -0.497 e. The third kappa shape index (κ3) is 5.17. The van der Waals surface area contributed by atoms with Gasteiger partial charge in [-0.25, -0.2) is 9.78 Å². The first-order valence-corrected chi connectivity index (χ1v) is 10.0. The van der Waals surface area contributed by atoms with E-state index in [9.17, 15) is 4.79 Å². The van der Waals surface area contributed by atoms with Crippen LogP contribution in [0.2, 0.25) is 0 Å². The average molecular weight is 398 g/mol. The third-order valence-corrected chi connectivity index (χ3v) is 5.60. The van der Waals surface area contributed by atoms with Crippen LogP contribution in [0.15, 0.2) is 42.6 Å². The summed E-state index contributed by atoms with van der Waals surface area (Å²) in [7, 11) is 5.60. The molecule has 1 aromatic carbocycles. The number of carbonyl (C=O) groups is 1. The molecule has 0 bridgehead atoms. The lowest BCUT2D eigenvalue weighted by molar-refractivity contribution is 0.194. The molecule has 1 aliphatic heterocycles. The Morgan fingerprint density at radius 3 is 2.55 bits per heavy atom. The number of urea groups is 1. The fourth-order valence-electron chi connectivity index (χ4n) is 3.45. The standard InChI is InChI=1S/C22H31N5O2/c1-17(18-7-9-20(29-4)10-8-18)26(3)22(28)24-16-19-6-5-11-23-21(19)27-14-12-25(2)13-15-27/h5-11,17H,12-16H2,1-4H3,(H,24,28). The van der Waals surface area contributed by atoms with Gasteiger partial charge in [0.2, 0.25) is 0 Å². The largest absolute Gasteiger partial charge is 0.497 e. The fraction of sp³-hybridized carbons (Fsp3) is 0.455. The predicted molar refractivity (Wildman–Crippen MR) is 115 cm³/mol. The van der Waals surface area contributed by atoms with Crippen LogP contribution in [0.3, 0.4) is 0 Å². The summed E-state index contributed by atoms with van der Waals surface area (Å²) < 4.78 is 5.21. The van der Waals surface area contributed by atoms with E-state index in [1.807, 2.05) is 56.6 Å². The highest BCUT2D eigenvalue weighted by Crippen LogP contribution is 2.22. The van der Waals surface area contributed by atoms with E-state index in [4.69, 9.17) is 4.74 Å². The van der Waals surface area contributed by atoms with E-state index in [1.165, 1.54) is 0 Å². The molecule has 156 valence electrons. The van der Waals surface area contributed by atoms with Gasteiger partial charge in [-0.05, 0) is 37.7 Å². The number of methoxy groups -OCH3 is 1. The van der Waals surface area contributed by atoms with Crippen LogP contribution < -0.4 is 15.0 Å². The normalized spacial score (nSPS) is 15.7. The number of benzene rings is 1. The number of likely N-dealkylation sites (N-methyl/N-ethyl adjacent to an activating group) is 1. The summed E-state index contributed by atoms with van der Waals surface area (Å²) in [5.74, 6) is 1.77. The first kappa shape index (κ1) is 20.9. The number of amides is 2. The Labute approximate surface area is 173 Å². The number of hydrogen-bond donors (Lipinski definition) is 1. The maximum atomic E-state index is 12.7. The Morgan fingerprint density at radius 2 is 1.90 bits per heavy atom. The summed E-state index contributed by atoms with van der Waals surface area (Å²) in [6.45, 7) is 6.40. The zero-order valence-corrected chi connectivity index (χ0v) is 17.8. The second-order valence-corrected chi connectivity index (χ2v) is 7.50.